The van der Waals surface area contributed by atoms with Crippen molar-refractivity contribution in [1.29, 1.82) is 0 Å². The quantitative estimate of drug-likeness (QED) is 0.176. The second-order valence-electron chi connectivity index (χ2n) is 5.25. The zero-order chi connectivity index (χ0) is 17.2. The summed E-state index contributed by atoms with van der Waals surface area (Å²) in [5.41, 5.74) is 21.5. The number of rotatable bonds is 8. The summed E-state index contributed by atoms with van der Waals surface area (Å²) in [5.74, 6) is 0.330. The molecule has 0 aliphatic carbocycles. The highest BCUT2D eigenvalue weighted by Gasteiger charge is 2.17. The van der Waals surface area contributed by atoms with Gasteiger partial charge in [0.2, 0.25) is 6.35 Å². The predicted molar refractivity (Wildman–Crippen MR) is 89.1 cm³/mol. The van der Waals surface area contributed by atoms with E-state index in [1.807, 2.05) is 0 Å². The third kappa shape index (κ3) is 8.02. The summed E-state index contributed by atoms with van der Waals surface area (Å²) in [4.78, 5) is 20.2. The maximum absolute atomic E-state index is 10.7. The summed E-state index contributed by atoms with van der Waals surface area (Å²) < 4.78 is 0. The minimum atomic E-state index is -1.06. The van der Waals surface area contributed by atoms with Crippen molar-refractivity contribution < 1.29 is 9.90 Å². The Morgan fingerprint density at radius 1 is 1.39 bits per heavy atom. The Labute approximate surface area is 135 Å². The number of amidine groups is 1. The Bertz CT molecular complexity index is 473. The van der Waals surface area contributed by atoms with Gasteiger partial charge in [-0.3, -0.25) is 10.3 Å². The summed E-state index contributed by atoms with van der Waals surface area (Å²) in [5, 5.41) is 12.2. The Hall–Kier alpha value is -2.33. The number of aliphatic hydroxyl groups excluding tert-OH is 1. The average molecular weight is 326 g/mol. The van der Waals surface area contributed by atoms with E-state index in [0.29, 0.717) is 19.5 Å². The number of amides is 2. The molecule has 23 heavy (non-hydrogen) atoms. The van der Waals surface area contributed by atoms with E-state index < -0.39 is 12.4 Å². The number of primary amides is 1. The second-order valence-corrected chi connectivity index (χ2v) is 5.25. The van der Waals surface area contributed by atoms with Crippen molar-refractivity contribution in [1.82, 2.24) is 10.2 Å². The minimum Gasteiger partial charge on any atom is -0.370 e. The number of unbranched alkanes of at least 4 members (excludes halogenated alkanes) is 1. The molecule has 0 aromatic carbocycles. The molecule has 0 saturated heterocycles. The van der Waals surface area contributed by atoms with Crippen LogP contribution in [0.2, 0.25) is 0 Å². The van der Waals surface area contributed by atoms with E-state index in [0.717, 1.165) is 19.3 Å². The molecule has 1 heterocycles. The molecule has 130 valence electrons. The lowest BCUT2D eigenvalue weighted by Crippen LogP contribution is -2.41. The first-order valence-corrected chi connectivity index (χ1v) is 7.45. The van der Waals surface area contributed by atoms with Crippen molar-refractivity contribution in [3.8, 4) is 0 Å². The van der Waals surface area contributed by atoms with Gasteiger partial charge in [0.05, 0.1) is 0 Å². The van der Waals surface area contributed by atoms with Crippen LogP contribution in [0.1, 0.15) is 25.7 Å². The molecule has 0 spiro atoms. The number of aliphatic hydroxyl groups is 1. The topological polar surface area (TPSA) is 181 Å². The van der Waals surface area contributed by atoms with Crippen LogP contribution in [0.15, 0.2) is 22.3 Å². The van der Waals surface area contributed by atoms with Crippen molar-refractivity contribution in [2.24, 2.45) is 32.9 Å². The van der Waals surface area contributed by atoms with E-state index in [9.17, 15) is 9.90 Å². The Balaban J connectivity index is 2.23. The van der Waals surface area contributed by atoms with Crippen LogP contribution in [0.3, 0.4) is 0 Å². The number of hydrogen-bond donors (Lipinski definition) is 6. The molecule has 10 heteroatoms. The summed E-state index contributed by atoms with van der Waals surface area (Å²) in [6.07, 6.45) is 5.53. The van der Waals surface area contributed by atoms with Crippen LogP contribution in [0.25, 0.3) is 0 Å². The molecule has 1 aliphatic heterocycles. The van der Waals surface area contributed by atoms with E-state index in [2.05, 4.69) is 15.3 Å². The molecule has 2 atom stereocenters. The van der Waals surface area contributed by atoms with Gasteiger partial charge in [0.25, 0.3) is 0 Å². The monoisotopic (exact) mass is 326 g/mol. The molecule has 1 aliphatic rings. The zero-order valence-electron chi connectivity index (χ0n) is 13.1. The fraction of sp³-hybridized carbons (Fsp3) is 0.615. The number of nitrogens with two attached hydrogens (primary N) is 4. The summed E-state index contributed by atoms with van der Waals surface area (Å²) in [7, 11) is 0. The lowest BCUT2D eigenvalue weighted by atomic mass is 10.1. The SMILES string of the molecule is NC(=O)NC1=NC(O)N(CC[C@H](N)CCCCN=C(N)N)C=C1. The third-order valence-electron chi connectivity index (χ3n) is 3.26. The van der Waals surface area contributed by atoms with Crippen molar-refractivity contribution in [3.05, 3.63) is 12.3 Å². The van der Waals surface area contributed by atoms with Crippen molar-refractivity contribution >= 4 is 17.8 Å². The van der Waals surface area contributed by atoms with Gasteiger partial charge >= 0.3 is 6.03 Å². The second kappa shape index (κ2) is 9.64. The van der Waals surface area contributed by atoms with Crippen LogP contribution in [-0.4, -0.2) is 53.3 Å². The largest absolute Gasteiger partial charge is 0.370 e. The first-order chi connectivity index (χ1) is 10.9. The van der Waals surface area contributed by atoms with Gasteiger partial charge in [-0.2, -0.15) is 0 Å². The van der Waals surface area contributed by atoms with Crippen LogP contribution in [0.4, 0.5) is 4.79 Å². The van der Waals surface area contributed by atoms with Crippen LogP contribution >= 0.6 is 0 Å². The molecule has 0 saturated carbocycles. The number of aliphatic imine (C=N–C) groups is 2. The molecule has 0 bridgehead atoms. The van der Waals surface area contributed by atoms with Crippen molar-refractivity contribution in [3.63, 3.8) is 0 Å². The molecular formula is C13H26N8O2. The lowest BCUT2D eigenvalue weighted by molar-refractivity contribution is 0.0418. The molecule has 0 aromatic rings. The molecule has 0 radical (unpaired) electrons. The number of nitrogens with one attached hydrogen (secondary N) is 1. The molecule has 10 nitrogen and oxygen atoms in total. The molecule has 1 rings (SSSR count). The number of nitrogens with zero attached hydrogens (tertiary/aromatic N) is 3. The Morgan fingerprint density at radius 3 is 2.74 bits per heavy atom. The van der Waals surface area contributed by atoms with Crippen LogP contribution < -0.4 is 28.3 Å². The summed E-state index contributed by atoms with van der Waals surface area (Å²) >= 11 is 0. The van der Waals surface area contributed by atoms with E-state index in [1.165, 1.54) is 0 Å². The zero-order valence-corrected chi connectivity index (χ0v) is 13.1. The summed E-state index contributed by atoms with van der Waals surface area (Å²) in [6, 6.07) is -0.708. The third-order valence-corrected chi connectivity index (χ3v) is 3.26. The molecule has 2 amide bonds. The first kappa shape index (κ1) is 18.7. The smallest absolute Gasteiger partial charge is 0.317 e. The van der Waals surface area contributed by atoms with Gasteiger partial charge in [0, 0.05) is 25.3 Å². The maximum Gasteiger partial charge on any atom is 0.317 e. The van der Waals surface area contributed by atoms with Crippen molar-refractivity contribution in [2.45, 2.75) is 38.1 Å². The van der Waals surface area contributed by atoms with E-state index in [-0.39, 0.29) is 17.8 Å². The lowest BCUT2D eigenvalue weighted by Gasteiger charge is -2.28. The average Bonchev–Trinajstić information content (AvgIpc) is 2.45. The highest BCUT2D eigenvalue weighted by atomic mass is 16.3. The van der Waals surface area contributed by atoms with E-state index >= 15 is 0 Å². The fourth-order valence-corrected chi connectivity index (χ4v) is 2.06. The van der Waals surface area contributed by atoms with Crippen molar-refractivity contribution in [2.75, 3.05) is 13.1 Å². The van der Waals surface area contributed by atoms with E-state index in [4.69, 9.17) is 22.9 Å². The van der Waals surface area contributed by atoms with Gasteiger partial charge in [0.1, 0.15) is 5.84 Å². The first-order valence-electron chi connectivity index (χ1n) is 7.45. The van der Waals surface area contributed by atoms with Crippen LogP contribution in [0.5, 0.6) is 0 Å². The highest BCUT2D eigenvalue weighted by Crippen LogP contribution is 2.09. The molecule has 0 aromatic heterocycles. The summed E-state index contributed by atoms with van der Waals surface area (Å²) in [6.45, 7) is 1.16. The fourth-order valence-electron chi connectivity index (χ4n) is 2.06. The predicted octanol–water partition coefficient (Wildman–Crippen LogP) is -1.68. The number of urea groups is 1. The Kier molecular flexibility index (Phi) is 7.84. The van der Waals surface area contributed by atoms with Gasteiger partial charge in [-0.25, -0.2) is 9.79 Å². The van der Waals surface area contributed by atoms with Crippen LogP contribution in [0, 0.1) is 0 Å². The molecule has 10 N–H and O–H groups in total. The van der Waals surface area contributed by atoms with Gasteiger partial charge in [0.15, 0.2) is 5.96 Å². The molecule has 0 fully saturated rings. The van der Waals surface area contributed by atoms with E-state index in [1.54, 1.807) is 17.2 Å². The highest BCUT2D eigenvalue weighted by molar-refractivity contribution is 6.03. The normalized spacial score (nSPS) is 18.3. The molecular weight excluding hydrogens is 300 g/mol. The maximum atomic E-state index is 10.7. The number of hydrogen-bond acceptors (Lipinski definition) is 6. The minimum absolute atomic E-state index is 0.0175. The van der Waals surface area contributed by atoms with Gasteiger partial charge in [-0.05, 0) is 25.3 Å². The number of carbonyl (C=O) groups excluding carboxylic acids is 1. The van der Waals surface area contributed by atoms with Gasteiger partial charge < -0.3 is 32.9 Å². The van der Waals surface area contributed by atoms with Gasteiger partial charge in [-0.1, -0.05) is 6.42 Å². The number of guanidine groups is 1. The van der Waals surface area contributed by atoms with Gasteiger partial charge in [-0.15, -0.1) is 0 Å². The number of carbonyl (C=O) groups is 1. The van der Waals surface area contributed by atoms with Crippen LogP contribution in [-0.2, 0) is 0 Å². The standard InChI is InChI=1S/C13H26N8O2/c14-9(3-1-2-6-18-11(15)16)4-7-21-8-5-10(19-12(17)22)20-13(21)23/h5,8-9,13,23H,1-4,6-7,14H2,(H4,15,16,18)(H3,17,19,20,22)/t9-,13?/m1/s1. The Morgan fingerprint density at radius 2 is 2.13 bits per heavy atom. The molecule has 1 unspecified atom stereocenters.